The number of benzene rings is 1. The molecule has 0 saturated carbocycles. The highest BCUT2D eigenvalue weighted by Gasteiger charge is 2.23. The number of rotatable bonds is 1. The van der Waals surface area contributed by atoms with Crippen LogP contribution < -0.4 is 0 Å². The summed E-state index contributed by atoms with van der Waals surface area (Å²) in [7, 11) is 0. The molecule has 1 atom stereocenters. The smallest absolute Gasteiger partial charge is 0.119 e. The summed E-state index contributed by atoms with van der Waals surface area (Å²) in [4.78, 5) is 0. The van der Waals surface area contributed by atoms with E-state index in [4.69, 9.17) is 5.11 Å². The van der Waals surface area contributed by atoms with Gasteiger partial charge in [0.05, 0.1) is 0 Å². The van der Waals surface area contributed by atoms with E-state index in [9.17, 15) is 5.11 Å². The quantitative estimate of drug-likeness (QED) is 0.659. The van der Waals surface area contributed by atoms with Crippen LogP contribution in [0.3, 0.4) is 0 Å². The van der Waals surface area contributed by atoms with Gasteiger partial charge in [-0.15, -0.1) is 0 Å². The second-order valence-corrected chi connectivity index (χ2v) is 3.26. The van der Waals surface area contributed by atoms with Gasteiger partial charge in [-0.1, -0.05) is 12.1 Å². The number of hydrogen-bond donors (Lipinski definition) is 2. The molecule has 0 saturated heterocycles. The summed E-state index contributed by atoms with van der Waals surface area (Å²) in [5.41, 5.74) is 2.15. The first kappa shape index (κ1) is 7.62. The maximum atomic E-state index is 9.46. The van der Waals surface area contributed by atoms with Gasteiger partial charge in [0, 0.05) is 12.5 Å². The van der Waals surface area contributed by atoms with Gasteiger partial charge in [0.1, 0.15) is 5.75 Å². The maximum Gasteiger partial charge on any atom is 0.119 e. The van der Waals surface area contributed by atoms with Crippen molar-refractivity contribution in [3.05, 3.63) is 29.3 Å². The molecule has 0 aromatic heterocycles. The standard InChI is InChI=1S/C10H12O2/c11-6-7-4-5-9-8(7)2-1-3-10(9)12/h1-3,7,11-12H,4-6H2. The molecule has 2 heteroatoms. The fourth-order valence-electron chi connectivity index (χ4n) is 1.91. The normalized spacial score (nSPS) is 20.9. The molecule has 0 radical (unpaired) electrons. The van der Waals surface area contributed by atoms with Gasteiger partial charge in [0.25, 0.3) is 0 Å². The average Bonchev–Trinajstić information content (AvgIpc) is 2.49. The molecule has 1 aromatic rings. The lowest BCUT2D eigenvalue weighted by molar-refractivity contribution is 0.265. The Balaban J connectivity index is 2.46. The maximum absolute atomic E-state index is 9.46. The molecule has 1 unspecified atom stereocenters. The van der Waals surface area contributed by atoms with Gasteiger partial charge in [0.2, 0.25) is 0 Å². The predicted octanol–water partition coefficient (Wildman–Crippen LogP) is 1.41. The van der Waals surface area contributed by atoms with Crippen LogP contribution in [0, 0.1) is 0 Å². The first-order valence-electron chi connectivity index (χ1n) is 4.24. The van der Waals surface area contributed by atoms with Crippen LogP contribution in [0.25, 0.3) is 0 Å². The van der Waals surface area contributed by atoms with Gasteiger partial charge in [-0.05, 0) is 30.0 Å². The van der Waals surface area contributed by atoms with Crippen LogP contribution in [0.15, 0.2) is 18.2 Å². The Hall–Kier alpha value is -1.02. The van der Waals surface area contributed by atoms with Gasteiger partial charge in [0.15, 0.2) is 0 Å². The van der Waals surface area contributed by atoms with Crippen molar-refractivity contribution in [2.45, 2.75) is 18.8 Å². The largest absolute Gasteiger partial charge is 0.508 e. The fraction of sp³-hybridized carbons (Fsp3) is 0.400. The van der Waals surface area contributed by atoms with Crippen molar-refractivity contribution in [3.8, 4) is 5.75 Å². The van der Waals surface area contributed by atoms with Crippen molar-refractivity contribution in [3.63, 3.8) is 0 Å². The number of aliphatic hydroxyl groups is 1. The van der Waals surface area contributed by atoms with Gasteiger partial charge < -0.3 is 10.2 Å². The van der Waals surface area contributed by atoms with Crippen molar-refractivity contribution < 1.29 is 10.2 Å². The molecule has 1 aliphatic carbocycles. The molecule has 64 valence electrons. The second kappa shape index (κ2) is 2.79. The van der Waals surface area contributed by atoms with Crippen molar-refractivity contribution in [1.29, 1.82) is 0 Å². The molecule has 2 N–H and O–H groups in total. The Labute approximate surface area is 71.5 Å². The minimum atomic E-state index is 0.191. The number of hydrogen-bond acceptors (Lipinski definition) is 2. The van der Waals surface area contributed by atoms with E-state index in [2.05, 4.69) is 0 Å². The summed E-state index contributed by atoms with van der Waals surface area (Å²) < 4.78 is 0. The average molecular weight is 164 g/mol. The summed E-state index contributed by atoms with van der Waals surface area (Å²) in [6, 6.07) is 5.53. The van der Waals surface area contributed by atoms with E-state index in [1.54, 1.807) is 6.07 Å². The summed E-state index contributed by atoms with van der Waals surface area (Å²) >= 11 is 0. The van der Waals surface area contributed by atoms with E-state index in [1.165, 1.54) is 0 Å². The molecule has 1 aromatic carbocycles. The van der Waals surface area contributed by atoms with Crippen LogP contribution in [0.5, 0.6) is 5.75 Å². The Morgan fingerprint density at radius 3 is 3.00 bits per heavy atom. The lowest BCUT2D eigenvalue weighted by Gasteiger charge is -2.06. The number of aromatic hydroxyl groups is 1. The van der Waals surface area contributed by atoms with E-state index in [-0.39, 0.29) is 12.5 Å². The van der Waals surface area contributed by atoms with Crippen LogP contribution in [-0.2, 0) is 6.42 Å². The molecule has 0 fully saturated rings. The highest BCUT2D eigenvalue weighted by atomic mass is 16.3. The third kappa shape index (κ3) is 0.994. The second-order valence-electron chi connectivity index (χ2n) is 3.26. The topological polar surface area (TPSA) is 40.5 Å². The van der Waals surface area contributed by atoms with Crippen LogP contribution in [0.4, 0.5) is 0 Å². The monoisotopic (exact) mass is 164 g/mol. The lowest BCUT2D eigenvalue weighted by atomic mass is 10.0. The van der Waals surface area contributed by atoms with Crippen molar-refractivity contribution in [2.75, 3.05) is 6.61 Å². The Morgan fingerprint density at radius 1 is 1.42 bits per heavy atom. The molecule has 0 heterocycles. The minimum absolute atomic E-state index is 0.191. The molecular weight excluding hydrogens is 152 g/mol. The molecule has 0 bridgehead atoms. The van der Waals surface area contributed by atoms with Crippen LogP contribution in [-0.4, -0.2) is 16.8 Å². The van der Waals surface area contributed by atoms with E-state index in [0.717, 1.165) is 24.0 Å². The number of fused-ring (bicyclic) bond motifs is 1. The number of phenols is 1. The van der Waals surface area contributed by atoms with E-state index < -0.39 is 0 Å². The van der Waals surface area contributed by atoms with Crippen molar-refractivity contribution in [2.24, 2.45) is 0 Å². The van der Waals surface area contributed by atoms with Gasteiger partial charge in [-0.2, -0.15) is 0 Å². The molecule has 12 heavy (non-hydrogen) atoms. The highest BCUT2D eigenvalue weighted by Crippen LogP contribution is 2.37. The van der Waals surface area contributed by atoms with E-state index >= 15 is 0 Å². The molecule has 2 rings (SSSR count). The first-order valence-corrected chi connectivity index (χ1v) is 4.24. The predicted molar refractivity (Wildman–Crippen MR) is 46.3 cm³/mol. The zero-order valence-electron chi connectivity index (χ0n) is 6.83. The highest BCUT2D eigenvalue weighted by molar-refractivity contribution is 5.44. The zero-order chi connectivity index (χ0) is 8.55. The summed E-state index contributed by atoms with van der Waals surface area (Å²) in [6.07, 6.45) is 1.86. The lowest BCUT2D eigenvalue weighted by Crippen LogP contribution is -1.98. The molecule has 0 spiro atoms. The SMILES string of the molecule is OCC1CCc2c(O)cccc21. The Morgan fingerprint density at radius 2 is 2.25 bits per heavy atom. The minimum Gasteiger partial charge on any atom is -0.508 e. The number of phenolic OH excluding ortho intramolecular Hbond substituents is 1. The third-order valence-electron chi connectivity index (χ3n) is 2.59. The van der Waals surface area contributed by atoms with Gasteiger partial charge in [-0.3, -0.25) is 0 Å². The summed E-state index contributed by atoms with van der Waals surface area (Å²) in [5.74, 6) is 0.621. The molecule has 2 nitrogen and oxygen atoms in total. The van der Waals surface area contributed by atoms with E-state index in [1.807, 2.05) is 12.1 Å². The van der Waals surface area contributed by atoms with Crippen LogP contribution >= 0.6 is 0 Å². The summed E-state index contributed by atoms with van der Waals surface area (Å²) in [6.45, 7) is 0.191. The van der Waals surface area contributed by atoms with Crippen molar-refractivity contribution >= 4 is 0 Å². The first-order chi connectivity index (χ1) is 5.83. The van der Waals surface area contributed by atoms with Crippen LogP contribution in [0.2, 0.25) is 0 Å². The van der Waals surface area contributed by atoms with E-state index in [0.29, 0.717) is 5.75 Å². The molecule has 0 aliphatic heterocycles. The fourth-order valence-corrected chi connectivity index (χ4v) is 1.91. The van der Waals surface area contributed by atoms with Crippen molar-refractivity contribution in [1.82, 2.24) is 0 Å². The van der Waals surface area contributed by atoms with Gasteiger partial charge >= 0.3 is 0 Å². The Kier molecular flexibility index (Phi) is 1.77. The molecule has 1 aliphatic rings. The zero-order valence-corrected chi connectivity index (χ0v) is 6.83. The van der Waals surface area contributed by atoms with Gasteiger partial charge in [-0.25, -0.2) is 0 Å². The third-order valence-corrected chi connectivity index (χ3v) is 2.59. The Bertz CT molecular complexity index is 294. The summed E-state index contributed by atoms with van der Waals surface area (Å²) in [5, 5.41) is 18.5. The molecule has 0 amide bonds. The number of aliphatic hydroxyl groups excluding tert-OH is 1. The molecular formula is C10H12O2. The van der Waals surface area contributed by atoms with Crippen LogP contribution in [0.1, 0.15) is 23.5 Å².